The van der Waals surface area contributed by atoms with Crippen LogP contribution < -0.4 is 20.7 Å². The first-order chi connectivity index (χ1) is 10.1. The van der Waals surface area contributed by atoms with Gasteiger partial charge in [0.2, 0.25) is 5.91 Å². The van der Waals surface area contributed by atoms with E-state index in [1.807, 2.05) is 0 Å². The molecule has 22 heavy (non-hydrogen) atoms. The van der Waals surface area contributed by atoms with Crippen molar-refractivity contribution in [2.24, 2.45) is 5.92 Å². The van der Waals surface area contributed by atoms with E-state index in [1.165, 1.54) is 0 Å². The van der Waals surface area contributed by atoms with Gasteiger partial charge in [-0.1, -0.05) is 0 Å². The molecule has 2 aliphatic rings. The van der Waals surface area contributed by atoms with Gasteiger partial charge in [0, 0.05) is 12.1 Å². The minimum atomic E-state index is -0.493. The molecule has 6 nitrogen and oxygen atoms in total. The predicted octanol–water partition coefficient (Wildman–Crippen LogP) is 1.77. The maximum atomic E-state index is 12.0. The van der Waals surface area contributed by atoms with Crippen LogP contribution in [0, 0.1) is 5.92 Å². The maximum absolute atomic E-state index is 12.0. The molecule has 0 aliphatic carbocycles. The van der Waals surface area contributed by atoms with Gasteiger partial charge in [-0.2, -0.15) is 0 Å². The van der Waals surface area contributed by atoms with Crippen LogP contribution in [0.3, 0.4) is 0 Å². The number of ether oxygens (including phenoxy) is 1. The lowest BCUT2D eigenvalue weighted by atomic mass is 10.0. The highest BCUT2D eigenvalue weighted by molar-refractivity contribution is 5.99. The average molecular weight is 326 g/mol. The third kappa shape index (κ3) is 3.69. The SMILES string of the molecule is CC1Oc2ccc(NC(=O)CC3CCNC3)cc2NC1=O.Cl. The number of rotatable bonds is 3. The predicted molar refractivity (Wildman–Crippen MR) is 86.6 cm³/mol. The Morgan fingerprint density at radius 2 is 2.27 bits per heavy atom. The van der Waals surface area contributed by atoms with Gasteiger partial charge in [-0.05, 0) is 50.6 Å². The standard InChI is InChI=1S/C15H19N3O3.ClH/c1-9-15(20)18-12-7-11(2-3-13(12)21-9)17-14(19)6-10-4-5-16-8-10;/h2-3,7,9-10,16H,4-6,8H2,1H3,(H,17,19)(H,18,20);1H. The summed E-state index contributed by atoms with van der Waals surface area (Å²) in [6.07, 6.45) is 1.07. The molecule has 2 atom stereocenters. The Morgan fingerprint density at radius 3 is 3.00 bits per heavy atom. The fourth-order valence-corrected chi connectivity index (χ4v) is 2.65. The first-order valence-corrected chi connectivity index (χ1v) is 7.24. The van der Waals surface area contributed by atoms with Crippen molar-refractivity contribution in [2.45, 2.75) is 25.9 Å². The van der Waals surface area contributed by atoms with Crippen LogP contribution in [0.25, 0.3) is 0 Å². The van der Waals surface area contributed by atoms with Gasteiger partial charge in [-0.3, -0.25) is 9.59 Å². The van der Waals surface area contributed by atoms with Crippen LogP contribution in [0.4, 0.5) is 11.4 Å². The number of hydrogen-bond acceptors (Lipinski definition) is 4. The Labute approximate surface area is 135 Å². The molecule has 2 unspecified atom stereocenters. The molecule has 120 valence electrons. The highest BCUT2D eigenvalue weighted by atomic mass is 35.5. The zero-order chi connectivity index (χ0) is 14.8. The Morgan fingerprint density at radius 1 is 1.45 bits per heavy atom. The Kier molecular flexibility index (Phi) is 5.26. The van der Waals surface area contributed by atoms with Crippen LogP contribution in [-0.4, -0.2) is 31.0 Å². The van der Waals surface area contributed by atoms with E-state index in [2.05, 4.69) is 16.0 Å². The number of halogens is 1. The van der Waals surface area contributed by atoms with Crippen molar-refractivity contribution in [1.29, 1.82) is 0 Å². The van der Waals surface area contributed by atoms with E-state index in [0.717, 1.165) is 19.5 Å². The molecule has 2 heterocycles. The summed E-state index contributed by atoms with van der Waals surface area (Å²) in [7, 11) is 0. The number of hydrogen-bond donors (Lipinski definition) is 3. The molecule has 0 bridgehead atoms. The van der Waals surface area contributed by atoms with E-state index in [1.54, 1.807) is 25.1 Å². The van der Waals surface area contributed by atoms with Crippen LogP contribution in [0.15, 0.2) is 18.2 Å². The lowest BCUT2D eigenvalue weighted by molar-refractivity contribution is -0.122. The van der Waals surface area contributed by atoms with Crippen molar-refractivity contribution in [3.05, 3.63) is 18.2 Å². The highest BCUT2D eigenvalue weighted by Gasteiger charge is 2.24. The third-order valence-electron chi connectivity index (χ3n) is 3.83. The lowest BCUT2D eigenvalue weighted by Crippen LogP contribution is -2.34. The monoisotopic (exact) mass is 325 g/mol. The van der Waals surface area contributed by atoms with Crippen molar-refractivity contribution < 1.29 is 14.3 Å². The van der Waals surface area contributed by atoms with E-state index >= 15 is 0 Å². The van der Waals surface area contributed by atoms with Gasteiger partial charge in [0.25, 0.3) is 5.91 Å². The van der Waals surface area contributed by atoms with Crippen LogP contribution >= 0.6 is 12.4 Å². The quantitative estimate of drug-likeness (QED) is 0.791. The van der Waals surface area contributed by atoms with Gasteiger partial charge in [0.1, 0.15) is 5.75 Å². The van der Waals surface area contributed by atoms with Gasteiger partial charge >= 0.3 is 0 Å². The van der Waals surface area contributed by atoms with Crippen molar-refractivity contribution in [3.8, 4) is 5.75 Å². The first-order valence-electron chi connectivity index (χ1n) is 7.24. The first kappa shape index (κ1) is 16.6. The molecule has 0 spiro atoms. The summed E-state index contributed by atoms with van der Waals surface area (Å²) < 4.78 is 5.48. The van der Waals surface area contributed by atoms with Crippen LogP contribution in [0.2, 0.25) is 0 Å². The molecule has 2 aliphatic heterocycles. The minimum Gasteiger partial charge on any atom is -0.479 e. The van der Waals surface area contributed by atoms with E-state index in [4.69, 9.17) is 4.74 Å². The van der Waals surface area contributed by atoms with Gasteiger partial charge in [0.15, 0.2) is 6.10 Å². The number of amides is 2. The Balaban J connectivity index is 0.00000176. The molecule has 1 aromatic rings. The molecule has 3 N–H and O–H groups in total. The molecule has 1 saturated heterocycles. The molecule has 0 radical (unpaired) electrons. The molecule has 7 heteroatoms. The van der Waals surface area contributed by atoms with Crippen LogP contribution in [0.1, 0.15) is 19.8 Å². The smallest absolute Gasteiger partial charge is 0.265 e. The summed E-state index contributed by atoms with van der Waals surface area (Å²) in [5.41, 5.74) is 1.27. The second kappa shape index (κ2) is 6.98. The minimum absolute atomic E-state index is 0. The number of carbonyl (C=O) groups is 2. The van der Waals surface area contributed by atoms with Crippen molar-refractivity contribution in [3.63, 3.8) is 0 Å². The van der Waals surface area contributed by atoms with E-state index in [-0.39, 0.29) is 24.2 Å². The Bertz CT molecular complexity index is 573. The molecular formula is C15H20ClN3O3. The van der Waals surface area contributed by atoms with Crippen molar-refractivity contribution >= 4 is 35.6 Å². The fraction of sp³-hybridized carbons (Fsp3) is 0.467. The third-order valence-corrected chi connectivity index (χ3v) is 3.83. The van der Waals surface area contributed by atoms with Crippen molar-refractivity contribution in [2.75, 3.05) is 23.7 Å². The van der Waals surface area contributed by atoms with Crippen LogP contribution in [-0.2, 0) is 9.59 Å². The van der Waals surface area contributed by atoms with Crippen LogP contribution in [0.5, 0.6) is 5.75 Å². The fourth-order valence-electron chi connectivity index (χ4n) is 2.65. The molecule has 3 rings (SSSR count). The number of benzene rings is 1. The lowest BCUT2D eigenvalue weighted by Gasteiger charge is -2.23. The summed E-state index contributed by atoms with van der Waals surface area (Å²) in [4.78, 5) is 23.6. The van der Waals surface area contributed by atoms with E-state index < -0.39 is 6.10 Å². The summed E-state index contributed by atoms with van der Waals surface area (Å²) in [6.45, 7) is 3.58. The van der Waals surface area contributed by atoms with E-state index in [9.17, 15) is 9.59 Å². The second-order valence-corrected chi connectivity index (χ2v) is 5.57. The average Bonchev–Trinajstić information content (AvgIpc) is 2.93. The number of fused-ring (bicyclic) bond motifs is 1. The van der Waals surface area contributed by atoms with Gasteiger partial charge in [-0.25, -0.2) is 0 Å². The zero-order valence-electron chi connectivity index (χ0n) is 12.3. The molecule has 1 aromatic carbocycles. The highest BCUT2D eigenvalue weighted by Crippen LogP contribution is 2.32. The molecule has 0 saturated carbocycles. The van der Waals surface area contributed by atoms with Crippen molar-refractivity contribution in [1.82, 2.24) is 5.32 Å². The summed E-state index contributed by atoms with van der Waals surface area (Å²) in [5.74, 6) is 0.856. The van der Waals surface area contributed by atoms with E-state index in [0.29, 0.717) is 29.5 Å². The summed E-state index contributed by atoms with van der Waals surface area (Å²) in [5, 5.41) is 8.89. The number of anilines is 2. The summed E-state index contributed by atoms with van der Waals surface area (Å²) >= 11 is 0. The Hall–Kier alpha value is -1.79. The maximum Gasteiger partial charge on any atom is 0.265 e. The normalized spacial score (nSPS) is 22.9. The molecule has 2 amide bonds. The molecular weight excluding hydrogens is 306 g/mol. The second-order valence-electron chi connectivity index (χ2n) is 5.57. The zero-order valence-corrected chi connectivity index (χ0v) is 13.2. The molecule has 0 aromatic heterocycles. The van der Waals surface area contributed by atoms with Gasteiger partial charge in [0.05, 0.1) is 5.69 Å². The number of carbonyl (C=O) groups excluding carboxylic acids is 2. The number of nitrogens with one attached hydrogen (secondary N) is 3. The van der Waals surface area contributed by atoms with Gasteiger partial charge in [-0.15, -0.1) is 12.4 Å². The van der Waals surface area contributed by atoms with Gasteiger partial charge < -0.3 is 20.7 Å². The largest absolute Gasteiger partial charge is 0.479 e. The molecule has 1 fully saturated rings. The topological polar surface area (TPSA) is 79.5 Å². The summed E-state index contributed by atoms with van der Waals surface area (Å²) in [6, 6.07) is 5.27.